The van der Waals surface area contributed by atoms with Crippen molar-refractivity contribution in [2.45, 2.75) is 38.6 Å². The van der Waals surface area contributed by atoms with E-state index in [0.29, 0.717) is 11.3 Å². The molecule has 0 aliphatic heterocycles. The maximum absolute atomic E-state index is 6.11. The molecule has 3 saturated carbocycles. The second kappa shape index (κ2) is 4.32. The molecule has 1 N–H and O–H groups in total. The Morgan fingerprint density at radius 2 is 2.05 bits per heavy atom. The van der Waals surface area contributed by atoms with Crippen molar-refractivity contribution >= 4 is 39.0 Å². The fraction of sp³-hybridized carbons (Fsp3) is 0.625. The molecule has 3 nitrogen and oxygen atoms in total. The number of anilines is 1. The van der Waals surface area contributed by atoms with Gasteiger partial charge in [-0.1, -0.05) is 6.92 Å². The van der Waals surface area contributed by atoms with Gasteiger partial charge in [0.15, 0.2) is 0 Å². The van der Waals surface area contributed by atoms with Gasteiger partial charge in [-0.05, 0) is 67.0 Å². The van der Waals surface area contributed by atoms with Crippen LogP contribution in [0.5, 0.6) is 0 Å². The van der Waals surface area contributed by atoms with E-state index in [1.165, 1.54) is 24.1 Å². The molecule has 5 rings (SSSR count). The number of fused-ring (bicyclic) bond motifs is 6. The summed E-state index contributed by atoms with van der Waals surface area (Å²) < 4.78 is 0. The summed E-state index contributed by atoms with van der Waals surface area (Å²) in [6, 6.07) is 2.86. The molecule has 110 valence electrons. The Kier molecular flexibility index (Phi) is 2.61. The molecule has 2 aromatic heterocycles. The Balaban J connectivity index is 1.49. The Bertz CT molecular complexity index is 712. The van der Waals surface area contributed by atoms with Crippen molar-refractivity contribution in [3.8, 4) is 0 Å². The van der Waals surface area contributed by atoms with Gasteiger partial charge in [-0.15, -0.1) is 11.3 Å². The van der Waals surface area contributed by atoms with Crippen LogP contribution in [0.2, 0.25) is 5.28 Å². The number of aromatic nitrogens is 2. The summed E-state index contributed by atoms with van der Waals surface area (Å²) in [7, 11) is 0. The van der Waals surface area contributed by atoms with Gasteiger partial charge in [0, 0.05) is 10.9 Å². The van der Waals surface area contributed by atoms with Crippen LogP contribution in [0.3, 0.4) is 0 Å². The summed E-state index contributed by atoms with van der Waals surface area (Å²) in [4.78, 5) is 11.2. The Hall–Kier alpha value is -0.870. The predicted molar refractivity (Wildman–Crippen MR) is 87.0 cm³/mol. The lowest BCUT2D eigenvalue weighted by Gasteiger charge is -2.11. The molecule has 3 aliphatic carbocycles. The molecule has 0 saturated heterocycles. The van der Waals surface area contributed by atoms with Gasteiger partial charge in [0.25, 0.3) is 0 Å². The molecular weight excluding hydrogens is 302 g/mol. The van der Waals surface area contributed by atoms with Crippen molar-refractivity contribution in [3.63, 3.8) is 0 Å². The first kappa shape index (κ1) is 12.7. The highest BCUT2D eigenvalue weighted by atomic mass is 35.5. The van der Waals surface area contributed by atoms with Gasteiger partial charge in [0.2, 0.25) is 5.28 Å². The molecule has 3 fully saturated rings. The molecule has 5 heteroatoms. The van der Waals surface area contributed by atoms with Crippen LogP contribution in [-0.4, -0.2) is 16.0 Å². The Morgan fingerprint density at radius 3 is 2.76 bits per heavy atom. The van der Waals surface area contributed by atoms with E-state index in [1.54, 1.807) is 11.3 Å². The minimum atomic E-state index is 0.364. The maximum Gasteiger partial charge on any atom is 0.225 e. The van der Waals surface area contributed by atoms with E-state index >= 15 is 0 Å². The predicted octanol–water partition coefficient (Wildman–Crippen LogP) is 4.36. The zero-order valence-electron chi connectivity index (χ0n) is 12.0. The molecule has 3 aliphatic rings. The molecule has 0 amide bonds. The average Bonchev–Trinajstić information content (AvgIpc) is 2.88. The van der Waals surface area contributed by atoms with Gasteiger partial charge in [-0.25, -0.2) is 9.97 Å². The molecular formula is C16H18ClN3S. The number of aryl methyl sites for hydroxylation is 1. The zero-order valence-corrected chi connectivity index (χ0v) is 13.5. The highest BCUT2D eigenvalue weighted by molar-refractivity contribution is 7.18. The number of rotatable bonds is 3. The van der Waals surface area contributed by atoms with Gasteiger partial charge in [0.1, 0.15) is 10.6 Å². The second-order valence-corrected chi connectivity index (χ2v) is 8.24. The average molecular weight is 320 g/mol. The number of halogens is 1. The molecule has 21 heavy (non-hydrogen) atoms. The number of thiophene rings is 1. The van der Waals surface area contributed by atoms with Crippen LogP contribution < -0.4 is 5.32 Å². The Morgan fingerprint density at radius 1 is 1.29 bits per heavy atom. The highest BCUT2D eigenvalue weighted by Gasteiger charge is 2.65. The van der Waals surface area contributed by atoms with Gasteiger partial charge in [-0.3, -0.25) is 0 Å². The van der Waals surface area contributed by atoms with Gasteiger partial charge < -0.3 is 5.32 Å². The third-order valence-electron chi connectivity index (χ3n) is 5.80. The monoisotopic (exact) mass is 319 g/mol. The molecule has 2 heterocycles. The summed E-state index contributed by atoms with van der Waals surface area (Å²) in [5.41, 5.74) is 0. The third kappa shape index (κ3) is 1.78. The van der Waals surface area contributed by atoms with Crippen molar-refractivity contribution in [1.29, 1.82) is 0 Å². The van der Waals surface area contributed by atoms with Crippen molar-refractivity contribution in [2.75, 3.05) is 5.32 Å². The number of nitrogens with one attached hydrogen (secondary N) is 1. The normalized spacial score (nSPS) is 36.2. The Labute approximate surface area is 133 Å². The van der Waals surface area contributed by atoms with Crippen molar-refractivity contribution in [1.82, 2.24) is 9.97 Å². The minimum absolute atomic E-state index is 0.364. The van der Waals surface area contributed by atoms with Crippen LogP contribution >= 0.6 is 22.9 Å². The minimum Gasteiger partial charge on any atom is -0.366 e. The molecule has 0 aromatic carbocycles. The van der Waals surface area contributed by atoms with E-state index in [1.807, 2.05) is 0 Å². The van der Waals surface area contributed by atoms with E-state index in [-0.39, 0.29) is 0 Å². The summed E-state index contributed by atoms with van der Waals surface area (Å²) in [6.45, 7) is 2.18. The second-order valence-electron chi connectivity index (χ2n) is 6.78. The molecule has 4 unspecified atom stereocenters. The van der Waals surface area contributed by atoms with E-state index in [9.17, 15) is 0 Å². The van der Waals surface area contributed by atoms with Crippen LogP contribution in [0, 0.1) is 23.7 Å². The summed E-state index contributed by atoms with van der Waals surface area (Å²) in [5, 5.41) is 5.23. The topological polar surface area (TPSA) is 37.8 Å². The number of nitrogens with zero attached hydrogens (tertiary/aromatic N) is 2. The van der Waals surface area contributed by atoms with Crippen LogP contribution in [0.25, 0.3) is 10.2 Å². The molecule has 2 aromatic rings. The summed E-state index contributed by atoms with van der Waals surface area (Å²) in [6.07, 6.45) is 5.41. The summed E-state index contributed by atoms with van der Waals surface area (Å²) in [5.74, 6) is 4.70. The standard InChI is InChI=1S/C16H18ClN3S/c1-2-9-6-10-14(19-16(17)20-15(10)21-9)18-13-11-7-3-4-8(5-7)12(11)13/h6-8,11-13H,2-5H2,1H3,(H,18,19,20). The fourth-order valence-corrected chi connectivity index (χ4v) is 6.09. The van der Waals surface area contributed by atoms with Crippen molar-refractivity contribution in [2.24, 2.45) is 23.7 Å². The first-order valence-corrected chi connectivity index (χ1v) is 9.16. The largest absolute Gasteiger partial charge is 0.366 e. The van der Waals surface area contributed by atoms with Gasteiger partial charge in [0.05, 0.1) is 5.39 Å². The quantitative estimate of drug-likeness (QED) is 0.854. The van der Waals surface area contributed by atoms with Crippen molar-refractivity contribution in [3.05, 3.63) is 16.2 Å². The first-order valence-electron chi connectivity index (χ1n) is 7.97. The molecule has 0 radical (unpaired) electrons. The number of hydrogen-bond acceptors (Lipinski definition) is 4. The van der Waals surface area contributed by atoms with Gasteiger partial charge in [-0.2, -0.15) is 0 Å². The molecule has 2 bridgehead atoms. The highest BCUT2D eigenvalue weighted by Crippen LogP contribution is 2.66. The van der Waals surface area contributed by atoms with Crippen LogP contribution in [-0.2, 0) is 6.42 Å². The first-order chi connectivity index (χ1) is 10.2. The summed E-state index contributed by atoms with van der Waals surface area (Å²) >= 11 is 7.85. The SMILES string of the molecule is CCc1cc2c(NC3C4C5CCC(C5)C34)nc(Cl)nc2s1. The zero-order chi connectivity index (χ0) is 14.1. The fourth-order valence-electron chi connectivity index (χ4n) is 4.91. The smallest absolute Gasteiger partial charge is 0.225 e. The lowest BCUT2D eigenvalue weighted by atomic mass is 10.0. The molecule has 4 atom stereocenters. The van der Waals surface area contributed by atoms with Crippen LogP contribution in [0.4, 0.5) is 5.82 Å². The maximum atomic E-state index is 6.11. The van der Waals surface area contributed by atoms with E-state index < -0.39 is 0 Å². The van der Waals surface area contributed by atoms with Crippen LogP contribution in [0.15, 0.2) is 6.07 Å². The number of hydrogen-bond donors (Lipinski definition) is 1. The third-order valence-corrected chi connectivity index (χ3v) is 7.15. The van der Waals surface area contributed by atoms with Gasteiger partial charge >= 0.3 is 0 Å². The van der Waals surface area contributed by atoms with Crippen LogP contribution in [0.1, 0.15) is 31.1 Å². The lowest BCUT2D eigenvalue weighted by Crippen LogP contribution is -2.14. The van der Waals surface area contributed by atoms with E-state index in [2.05, 4.69) is 28.3 Å². The van der Waals surface area contributed by atoms with E-state index in [4.69, 9.17) is 11.6 Å². The van der Waals surface area contributed by atoms with E-state index in [0.717, 1.165) is 46.1 Å². The lowest BCUT2D eigenvalue weighted by molar-refractivity contribution is 0.456. The van der Waals surface area contributed by atoms with Crippen molar-refractivity contribution < 1.29 is 0 Å². The molecule has 0 spiro atoms.